The van der Waals surface area contributed by atoms with E-state index in [2.05, 4.69) is 45.9 Å². The molecular weight excluding hydrogens is 340 g/mol. The topological polar surface area (TPSA) is 32.3 Å². The van der Waals surface area contributed by atoms with Crippen molar-refractivity contribution in [2.75, 3.05) is 13.1 Å². The van der Waals surface area contributed by atoms with Gasteiger partial charge in [0.2, 0.25) is 5.91 Å². The molecule has 1 amide bonds. The number of nitrogens with zero attached hydrogens (tertiary/aromatic N) is 1. The zero-order valence-electron chi connectivity index (χ0n) is 15.1. The first kappa shape index (κ1) is 16.5. The van der Waals surface area contributed by atoms with E-state index in [4.69, 9.17) is 0 Å². The van der Waals surface area contributed by atoms with Gasteiger partial charge in [0.05, 0.1) is 6.54 Å². The van der Waals surface area contributed by atoms with Gasteiger partial charge in [-0.15, -0.1) is 11.3 Å². The maximum Gasteiger partial charge on any atom is 0.223 e. The lowest BCUT2D eigenvalue weighted by Gasteiger charge is -2.36. The Hall–Kier alpha value is -1.65. The van der Waals surface area contributed by atoms with Crippen molar-refractivity contribution in [1.82, 2.24) is 10.2 Å². The van der Waals surface area contributed by atoms with Gasteiger partial charge in [-0.1, -0.05) is 30.3 Å². The highest BCUT2D eigenvalue weighted by Gasteiger charge is 2.58. The summed E-state index contributed by atoms with van der Waals surface area (Å²) >= 11 is 1.71. The molecule has 0 radical (unpaired) electrons. The molecule has 1 atom stereocenters. The number of fused-ring (bicyclic) bond motifs is 1. The summed E-state index contributed by atoms with van der Waals surface area (Å²) in [6.45, 7) is 3.01. The SMILES string of the molecule is O=C(NCc1cccs1)C1CC12CCN(C1Cc3ccccc3C1)CC2. The molecule has 3 nitrogen and oxygen atoms in total. The minimum atomic E-state index is 0.255. The summed E-state index contributed by atoms with van der Waals surface area (Å²) in [7, 11) is 0. The van der Waals surface area contributed by atoms with E-state index in [0.717, 1.165) is 19.5 Å². The molecule has 1 aliphatic heterocycles. The number of carbonyl (C=O) groups excluding carboxylic acids is 1. The molecule has 26 heavy (non-hydrogen) atoms. The van der Waals surface area contributed by atoms with E-state index in [0.29, 0.717) is 18.0 Å². The fourth-order valence-electron chi connectivity index (χ4n) is 5.11. The Morgan fingerprint density at radius 1 is 1.12 bits per heavy atom. The van der Waals surface area contributed by atoms with Crippen LogP contribution in [0.5, 0.6) is 0 Å². The van der Waals surface area contributed by atoms with Crippen molar-refractivity contribution in [3.8, 4) is 0 Å². The van der Waals surface area contributed by atoms with E-state index in [9.17, 15) is 4.79 Å². The minimum absolute atomic E-state index is 0.255. The summed E-state index contributed by atoms with van der Waals surface area (Å²) in [5.74, 6) is 0.533. The third kappa shape index (κ3) is 2.99. The smallest absolute Gasteiger partial charge is 0.223 e. The summed E-state index contributed by atoms with van der Waals surface area (Å²) < 4.78 is 0. The molecule has 5 rings (SSSR count). The fraction of sp³-hybridized carbons (Fsp3) is 0.500. The first-order valence-electron chi connectivity index (χ1n) is 9.84. The molecular formula is C22H26N2OS. The maximum absolute atomic E-state index is 12.5. The number of amides is 1. The van der Waals surface area contributed by atoms with Gasteiger partial charge in [-0.2, -0.15) is 0 Å². The Kier molecular flexibility index (Phi) is 4.13. The van der Waals surface area contributed by atoms with Gasteiger partial charge in [0.1, 0.15) is 0 Å². The molecule has 2 aromatic rings. The molecule has 2 heterocycles. The summed E-state index contributed by atoms with van der Waals surface area (Å²) in [5.41, 5.74) is 3.38. The van der Waals surface area contributed by atoms with Gasteiger partial charge in [0, 0.05) is 16.8 Å². The Labute approximate surface area is 159 Å². The number of carbonyl (C=O) groups is 1. The number of hydrogen-bond acceptors (Lipinski definition) is 3. The predicted octanol–water partition coefficient (Wildman–Crippen LogP) is 3.63. The van der Waals surface area contributed by atoms with Crippen LogP contribution in [0, 0.1) is 11.3 Å². The van der Waals surface area contributed by atoms with Crippen molar-refractivity contribution in [3.63, 3.8) is 0 Å². The van der Waals surface area contributed by atoms with Gasteiger partial charge in [-0.05, 0) is 73.2 Å². The standard InChI is InChI=1S/C22H26N2OS/c25-21(23-15-19-6-3-11-26-19)20-14-22(20)7-9-24(10-8-22)18-12-16-4-1-2-5-17(16)13-18/h1-6,11,18,20H,7-10,12-15H2,(H,23,25). The van der Waals surface area contributed by atoms with Crippen LogP contribution in [0.1, 0.15) is 35.3 Å². The molecule has 136 valence electrons. The highest BCUT2D eigenvalue weighted by atomic mass is 32.1. The molecule has 1 N–H and O–H groups in total. The average molecular weight is 367 g/mol. The van der Waals surface area contributed by atoms with Crippen molar-refractivity contribution in [3.05, 3.63) is 57.8 Å². The van der Waals surface area contributed by atoms with Gasteiger partial charge in [-0.25, -0.2) is 0 Å². The van der Waals surface area contributed by atoms with Crippen LogP contribution >= 0.6 is 11.3 Å². The maximum atomic E-state index is 12.5. The zero-order valence-corrected chi connectivity index (χ0v) is 15.9. The number of benzene rings is 1. The molecule has 1 aromatic carbocycles. The second-order valence-electron chi connectivity index (χ2n) is 8.28. The number of thiophene rings is 1. The highest BCUT2D eigenvalue weighted by Crippen LogP contribution is 2.59. The van der Waals surface area contributed by atoms with E-state index in [1.54, 1.807) is 11.3 Å². The highest BCUT2D eigenvalue weighted by molar-refractivity contribution is 7.09. The van der Waals surface area contributed by atoms with E-state index in [1.807, 2.05) is 6.07 Å². The van der Waals surface area contributed by atoms with Gasteiger partial charge < -0.3 is 5.32 Å². The third-order valence-corrected chi connectivity index (χ3v) is 7.74. The van der Waals surface area contributed by atoms with E-state index >= 15 is 0 Å². The van der Waals surface area contributed by atoms with Crippen LogP contribution in [0.25, 0.3) is 0 Å². The van der Waals surface area contributed by atoms with Crippen molar-refractivity contribution in [2.45, 2.75) is 44.7 Å². The first-order valence-corrected chi connectivity index (χ1v) is 10.7. The minimum Gasteiger partial charge on any atom is -0.351 e. The number of hydrogen-bond donors (Lipinski definition) is 1. The largest absolute Gasteiger partial charge is 0.351 e. The van der Waals surface area contributed by atoms with Crippen LogP contribution in [-0.4, -0.2) is 29.9 Å². The lowest BCUT2D eigenvalue weighted by atomic mass is 9.89. The van der Waals surface area contributed by atoms with Crippen LogP contribution in [0.2, 0.25) is 0 Å². The molecule has 1 saturated carbocycles. The normalized spacial score (nSPS) is 24.5. The van der Waals surface area contributed by atoms with Crippen LogP contribution in [0.4, 0.5) is 0 Å². The molecule has 1 saturated heterocycles. The summed E-state index contributed by atoms with van der Waals surface area (Å²) in [5, 5.41) is 5.22. The third-order valence-electron chi connectivity index (χ3n) is 6.86. The second-order valence-corrected chi connectivity index (χ2v) is 9.32. The van der Waals surface area contributed by atoms with Crippen molar-refractivity contribution >= 4 is 17.2 Å². The summed E-state index contributed by atoms with van der Waals surface area (Å²) in [6, 6.07) is 13.7. The number of piperidine rings is 1. The molecule has 1 unspecified atom stereocenters. The predicted molar refractivity (Wildman–Crippen MR) is 105 cm³/mol. The van der Waals surface area contributed by atoms with Gasteiger partial charge >= 0.3 is 0 Å². The van der Waals surface area contributed by atoms with Crippen LogP contribution in [0.3, 0.4) is 0 Å². The zero-order chi connectivity index (χ0) is 17.6. The Balaban J connectivity index is 1.13. The molecule has 1 aromatic heterocycles. The van der Waals surface area contributed by atoms with E-state index < -0.39 is 0 Å². The molecule has 3 aliphatic rings. The molecule has 2 aliphatic carbocycles. The van der Waals surface area contributed by atoms with E-state index in [1.165, 1.54) is 41.7 Å². The van der Waals surface area contributed by atoms with Gasteiger partial charge in [-0.3, -0.25) is 9.69 Å². The number of likely N-dealkylation sites (tertiary alicyclic amines) is 1. The Morgan fingerprint density at radius 2 is 1.85 bits per heavy atom. The second kappa shape index (κ2) is 6.50. The number of nitrogens with one attached hydrogen (secondary N) is 1. The Bertz CT molecular complexity index is 767. The molecule has 1 spiro atoms. The lowest BCUT2D eigenvalue weighted by molar-refractivity contribution is -0.123. The quantitative estimate of drug-likeness (QED) is 0.896. The van der Waals surface area contributed by atoms with Crippen molar-refractivity contribution in [2.24, 2.45) is 11.3 Å². The van der Waals surface area contributed by atoms with Gasteiger partial charge in [0.15, 0.2) is 0 Å². The van der Waals surface area contributed by atoms with Crippen LogP contribution in [-0.2, 0) is 24.2 Å². The molecule has 0 bridgehead atoms. The number of rotatable bonds is 4. The van der Waals surface area contributed by atoms with Crippen LogP contribution in [0.15, 0.2) is 41.8 Å². The summed E-state index contributed by atoms with van der Waals surface area (Å²) in [4.78, 5) is 16.5. The molecule has 4 heteroatoms. The van der Waals surface area contributed by atoms with Crippen molar-refractivity contribution < 1.29 is 4.79 Å². The lowest BCUT2D eigenvalue weighted by Crippen LogP contribution is -2.43. The molecule has 2 fully saturated rings. The monoisotopic (exact) mass is 366 g/mol. The van der Waals surface area contributed by atoms with E-state index in [-0.39, 0.29) is 11.8 Å². The van der Waals surface area contributed by atoms with Gasteiger partial charge in [0.25, 0.3) is 0 Å². The average Bonchev–Trinajstić information content (AvgIpc) is 3.06. The Morgan fingerprint density at radius 3 is 2.50 bits per heavy atom. The first-order chi connectivity index (χ1) is 12.7. The summed E-state index contributed by atoms with van der Waals surface area (Å²) in [6.07, 6.45) is 5.89. The van der Waals surface area contributed by atoms with Crippen molar-refractivity contribution in [1.29, 1.82) is 0 Å². The fourth-order valence-corrected chi connectivity index (χ4v) is 5.75. The van der Waals surface area contributed by atoms with Crippen LogP contribution < -0.4 is 5.32 Å².